The van der Waals surface area contributed by atoms with Gasteiger partial charge in [-0.15, -0.1) is 0 Å². The second kappa shape index (κ2) is 7.98. The number of para-hydroxylation sites is 1. The average molecular weight is 447 g/mol. The van der Waals surface area contributed by atoms with Crippen LogP contribution in [0.2, 0.25) is 0 Å². The van der Waals surface area contributed by atoms with Gasteiger partial charge >= 0.3 is 0 Å². The third kappa shape index (κ3) is 3.52. The Morgan fingerprint density at radius 2 is 1.56 bits per heavy atom. The number of aromatic nitrogens is 2. The molecule has 2 nitrogen and oxygen atoms in total. The molecule has 2 heteroatoms. The van der Waals surface area contributed by atoms with E-state index in [9.17, 15) is 0 Å². The maximum absolute atomic E-state index is 4.86. The van der Waals surface area contributed by atoms with Gasteiger partial charge in [-0.25, -0.2) is 0 Å². The molecule has 0 bridgehead atoms. The van der Waals surface area contributed by atoms with Gasteiger partial charge in [0.1, 0.15) is 0 Å². The van der Waals surface area contributed by atoms with Gasteiger partial charge in [-0.2, -0.15) is 0 Å². The second-order valence-corrected chi connectivity index (χ2v) is 11.3. The molecule has 0 aliphatic heterocycles. The molecular weight excluding hydrogens is 412 g/mol. The summed E-state index contributed by atoms with van der Waals surface area (Å²) in [5.74, 6) is 0.687. The van der Waals surface area contributed by atoms with Crippen LogP contribution in [0.5, 0.6) is 0 Å². The Bertz CT molecular complexity index is 1510. The highest BCUT2D eigenvalue weighted by Gasteiger charge is 2.27. The lowest BCUT2D eigenvalue weighted by molar-refractivity contribution is 0.224. The van der Waals surface area contributed by atoms with Crippen molar-refractivity contribution in [2.45, 2.75) is 65.3 Å². The van der Waals surface area contributed by atoms with Crippen LogP contribution in [0.1, 0.15) is 70.9 Å². The van der Waals surface area contributed by atoms with Crippen molar-refractivity contribution in [3.63, 3.8) is 0 Å². The van der Waals surface area contributed by atoms with Crippen LogP contribution in [0.15, 0.2) is 72.9 Å². The maximum Gasteiger partial charge on any atom is 0.0781 e. The van der Waals surface area contributed by atoms with Gasteiger partial charge in [0, 0.05) is 39.5 Å². The highest BCUT2D eigenvalue weighted by atomic mass is 15.0. The SMILES string of the molecule is CC(C)n1c2ccccc2c2ccc(-c3nccc4cc(C5CCC(C)(C)CC5)ccc34)cc21. The van der Waals surface area contributed by atoms with E-state index < -0.39 is 0 Å². The number of nitrogens with zero attached hydrogens (tertiary/aromatic N) is 2. The van der Waals surface area contributed by atoms with Gasteiger partial charge in [0.05, 0.1) is 11.2 Å². The van der Waals surface area contributed by atoms with Gasteiger partial charge in [0.15, 0.2) is 0 Å². The fourth-order valence-corrected chi connectivity index (χ4v) is 6.12. The van der Waals surface area contributed by atoms with Gasteiger partial charge in [0.2, 0.25) is 0 Å². The fraction of sp³-hybridized carbons (Fsp3) is 0.344. The number of hydrogen-bond acceptors (Lipinski definition) is 1. The first kappa shape index (κ1) is 21.4. The van der Waals surface area contributed by atoms with Crippen LogP contribution in [-0.4, -0.2) is 9.55 Å². The van der Waals surface area contributed by atoms with Crippen LogP contribution in [0.25, 0.3) is 43.8 Å². The molecule has 1 saturated carbocycles. The number of hydrogen-bond donors (Lipinski definition) is 0. The third-order valence-corrected chi connectivity index (χ3v) is 8.10. The molecule has 172 valence electrons. The van der Waals surface area contributed by atoms with E-state index in [1.54, 1.807) is 0 Å². The van der Waals surface area contributed by atoms with E-state index in [0.717, 1.165) is 5.69 Å². The summed E-state index contributed by atoms with van der Waals surface area (Å²) in [5.41, 5.74) is 6.85. The van der Waals surface area contributed by atoms with E-state index in [4.69, 9.17) is 4.98 Å². The quantitative estimate of drug-likeness (QED) is 0.270. The van der Waals surface area contributed by atoms with E-state index in [2.05, 4.69) is 99.0 Å². The van der Waals surface area contributed by atoms with Crippen LogP contribution >= 0.6 is 0 Å². The Kier molecular flexibility index (Phi) is 5.02. The van der Waals surface area contributed by atoms with Crippen molar-refractivity contribution in [3.05, 3.63) is 78.5 Å². The van der Waals surface area contributed by atoms with Crippen molar-refractivity contribution in [3.8, 4) is 11.3 Å². The lowest BCUT2D eigenvalue weighted by atomic mass is 9.71. The van der Waals surface area contributed by atoms with E-state index >= 15 is 0 Å². The van der Waals surface area contributed by atoms with Gasteiger partial charge in [0.25, 0.3) is 0 Å². The molecule has 5 aromatic rings. The molecule has 0 unspecified atom stereocenters. The number of benzene rings is 3. The van der Waals surface area contributed by atoms with Crippen LogP contribution in [-0.2, 0) is 0 Å². The monoisotopic (exact) mass is 446 g/mol. The topological polar surface area (TPSA) is 17.8 Å². The van der Waals surface area contributed by atoms with Crippen LogP contribution < -0.4 is 0 Å². The Morgan fingerprint density at radius 3 is 2.35 bits per heavy atom. The molecule has 1 aliphatic rings. The molecule has 1 aliphatic carbocycles. The molecule has 1 fully saturated rings. The lowest BCUT2D eigenvalue weighted by Crippen LogP contribution is -2.20. The predicted molar refractivity (Wildman–Crippen MR) is 146 cm³/mol. The predicted octanol–water partition coefficient (Wildman–Crippen LogP) is 9.27. The summed E-state index contributed by atoms with van der Waals surface area (Å²) in [4.78, 5) is 4.86. The Labute approximate surface area is 202 Å². The van der Waals surface area contributed by atoms with Crippen LogP contribution in [0, 0.1) is 5.41 Å². The summed E-state index contributed by atoms with van der Waals surface area (Å²) < 4.78 is 2.46. The first-order valence-corrected chi connectivity index (χ1v) is 12.8. The fourth-order valence-electron chi connectivity index (χ4n) is 6.12. The van der Waals surface area contributed by atoms with Crippen LogP contribution in [0.3, 0.4) is 0 Å². The highest BCUT2D eigenvalue weighted by molar-refractivity contribution is 6.09. The summed E-state index contributed by atoms with van der Waals surface area (Å²) in [6, 6.07) is 25.3. The summed E-state index contributed by atoms with van der Waals surface area (Å²) in [6.45, 7) is 9.36. The zero-order valence-corrected chi connectivity index (χ0v) is 20.8. The van der Waals surface area contributed by atoms with Gasteiger partial charge < -0.3 is 4.57 Å². The van der Waals surface area contributed by atoms with Gasteiger partial charge in [-0.3, -0.25) is 4.98 Å². The smallest absolute Gasteiger partial charge is 0.0781 e. The first-order valence-electron chi connectivity index (χ1n) is 12.8. The first-order chi connectivity index (χ1) is 16.4. The molecule has 0 spiro atoms. The van der Waals surface area contributed by atoms with E-state index in [-0.39, 0.29) is 0 Å². The molecule has 0 radical (unpaired) electrons. The number of rotatable bonds is 3. The molecule has 0 amide bonds. The minimum absolute atomic E-state index is 0.390. The summed E-state index contributed by atoms with van der Waals surface area (Å²) in [7, 11) is 0. The normalized spacial score (nSPS) is 16.7. The lowest BCUT2D eigenvalue weighted by Gasteiger charge is -2.34. The zero-order chi connectivity index (χ0) is 23.4. The number of pyridine rings is 1. The number of fused-ring (bicyclic) bond motifs is 4. The minimum Gasteiger partial charge on any atom is -0.338 e. The minimum atomic E-state index is 0.390. The Morgan fingerprint density at radius 1 is 0.824 bits per heavy atom. The highest BCUT2D eigenvalue weighted by Crippen LogP contribution is 2.43. The van der Waals surface area contributed by atoms with Crippen molar-refractivity contribution in [2.24, 2.45) is 5.41 Å². The molecule has 0 atom stereocenters. The van der Waals surface area contributed by atoms with E-state index in [1.165, 1.54) is 69.4 Å². The van der Waals surface area contributed by atoms with Gasteiger partial charge in [-0.1, -0.05) is 62.4 Å². The molecule has 0 N–H and O–H groups in total. The molecular formula is C32H34N2. The molecule has 0 saturated heterocycles. The zero-order valence-electron chi connectivity index (χ0n) is 20.8. The molecule has 3 aromatic carbocycles. The summed E-state index contributed by atoms with van der Waals surface area (Å²) >= 11 is 0. The summed E-state index contributed by atoms with van der Waals surface area (Å²) in [6.07, 6.45) is 7.22. The van der Waals surface area contributed by atoms with Crippen molar-refractivity contribution in [1.29, 1.82) is 0 Å². The van der Waals surface area contributed by atoms with Crippen molar-refractivity contribution < 1.29 is 0 Å². The second-order valence-electron chi connectivity index (χ2n) is 11.3. The Balaban J connectivity index is 1.45. The summed E-state index contributed by atoms with van der Waals surface area (Å²) in [5, 5.41) is 5.19. The Hall–Kier alpha value is -3.13. The van der Waals surface area contributed by atoms with E-state index in [0.29, 0.717) is 17.4 Å². The molecule has 2 heterocycles. The third-order valence-electron chi connectivity index (χ3n) is 8.10. The standard InChI is InChI=1S/C32H34N2/c1-21(2)34-29-8-6-5-7-27(29)28-12-10-25(20-30(28)34)31-26-11-9-23(19-24(26)15-18-33-31)22-13-16-32(3,4)17-14-22/h5-12,15,18-22H,13-14,16-17H2,1-4H3. The average Bonchev–Trinajstić information content (AvgIpc) is 3.17. The van der Waals surface area contributed by atoms with Crippen molar-refractivity contribution >= 4 is 32.6 Å². The van der Waals surface area contributed by atoms with Crippen molar-refractivity contribution in [1.82, 2.24) is 9.55 Å². The maximum atomic E-state index is 4.86. The largest absolute Gasteiger partial charge is 0.338 e. The molecule has 6 rings (SSSR count). The van der Waals surface area contributed by atoms with Crippen molar-refractivity contribution in [2.75, 3.05) is 0 Å². The molecule has 34 heavy (non-hydrogen) atoms. The van der Waals surface area contributed by atoms with E-state index in [1.807, 2.05) is 6.20 Å². The van der Waals surface area contributed by atoms with Gasteiger partial charge in [-0.05, 0) is 80.0 Å². The molecule has 2 aromatic heterocycles. The van der Waals surface area contributed by atoms with Crippen LogP contribution in [0.4, 0.5) is 0 Å².